The molecule has 0 amide bonds. The average Bonchev–Trinajstić information content (AvgIpc) is 1.82. The Morgan fingerprint density at radius 3 is 2.40 bits per heavy atom. The molecule has 1 rings (SSSR count). The van der Waals surface area contributed by atoms with E-state index in [2.05, 4.69) is 13.8 Å². The van der Waals surface area contributed by atoms with Crippen molar-refractivity contribution in [2.24, 2.45) is 5.92 Å². The van der Waals surface area contributed by atoms with Gasteiger partial charge in [0, 0.05) is 6.04 Å². The Morgan fingerprint density at radius 1 is 1.30 bits per heavy atom. The van der Waals surface area contributed by atoms with Crippen LogP contribution in [0.1, 0.15) is 26.7 Å². The van der Waals surface area contributed by atoms with Crippen LogP contribution >= 0.6 is 0 Å². The number of halogens is 1. The highest BCUT2D eigenvalue weighted by Crippen LogP contribution is 2.26. The van der Waals surface area contributed by atoms with E-state index in [-0.39, 0.29) is 0 Å². The van der Waals surface area contributed by atoms with E-state index in [1.807, 2.05) is 11.9 Å². The first-order valence-corrected chi connectivity index (χ1v) is 3.97. The summed E-state index contributed by atoms with van der Waals surface area (Å²) in [4.78, 5) is 1.82. The summed E-state index contributed by atoms with van der Waals surface area (Å²) in [7, 11) is 1.86. The van der Waals surface area contributed by atoms with Crippen molar-refractivity contribution >= 4 is 0 Å². The van der Waals surface area contributed by atoms with Gasteiger partial charge < -0.3 is 0 Å². The third-order valence-electron chi connectivity index (χ3n) is 2.48. The minimum Gasteiger partial charge on any atom is -0.274 e. The van der Waals surface area contributed by atoms with Crippen molar-refractivity contribution in [3.63, 3.8) is 0 Å². The SMILES string of the molecule is CC1CC(C)N(C)C(F)C1. The molecule has 0 bridgehead atoms. The second-order valence-corrected chi connectivity index (χ2v) is 3.53. The maximum atomic E-state index is 13.0. The summed E-state index contributed by atoms with van der Waals surface area (Å²) in [6.07, 6.45) is 1.14. The normalized spacial score (nSPS) is 43.8. The fourth-order valence-electron chi connectivity index (χ4n) is 1.62. The van der Waals surface area contributed by atoms with Gasteiger partial charge >= 0.3 is 0 Å². The second kappa shape index (κ2) is 2.87. The van der Waals surface area contributed by atoms with Gasteiger partial charge in [-0.3, -0.25) is 4.90 Å². The Hall–Kier alpha value is -0.110. The van der Waals surface area contributed by atoms with E-state index in [0.717, 1.165) is 6.42 Å². The topological polar surface area (TPSA) is 3.24 Å². The monoisotopic (exact) mass is 145 g/mol. The van der Waals surface area contributed by atoms with Gasteiger partial charge in [0.05, 0.1) is 0 Å². The van der Waals surface area contributed by atoms with Crippen molar-refractivity contribution in [2.45, 2.75) is 39.0 Å². The van der Waals surface area contributed by atoms with Crippen LogP contribution < -0.4 is 0 Å². The maximum absolute atomic E-state index is 13.0. The third kappa shape index (κ3) is 1.48. The molecule has 0 N–H and O–H groups in total. The summed E-state index contributed by atoms with van der Waals surface area (Å²) in [5, 5.41) is 0. The molecule has 1 aliphatic heterocycles. The van der Waals surface area contributed by atoms with Crippen LogP contribution in [-0.2, 0) is 0 Å². The lowest BCUT2D eigenvalue weighted by atomic mass is 9.93. The van der Waals surface area contributed by atoms with Gasteiger partial charge in [-0.1, -0.05) is 6.92 Å². The molecule has 0 radical (unpaired) electrons. The molecule has 0 aromatic rings. The maximum Gasteiger partial charge on any atom is 0.153 e. The Kier molecular flexibility index (Phi) is 2.29. The molecule has 1 fully saturated rings. The lowest BCUT2D eigenvalue weighted by molar-refractivity contribution is 0.00999. The fraction of sp³-hybridized carbons (Fsp3) is 1.00. The first kappa shape index (κ1) is 7.99. The Labute approximate surface area is 62.2 Å². The van der Waals surface area contributed by atoms with Crippen molar-refractivity contribution in [1.29, 1.82) is 0 Å². The molecule has 10 heavy (non-hydrogen) atoms. The summed E-state index contributed by atoms with van der Waals surface area (Å²) in [6, 6.07) is 0.416. The van der Waals surface area contributed by atoms with Crippen LogP contribution in [0.2, 0.25) is 0 Å². The number of rotatable bonds is 0. The van der Waals surface area contributed by atoms with E-state index in [1.165, 1.54) is 0 Å². The van der Waals surface area contributed by atoms with Crippen LogP contribution in [0.4, 0.5) is 4.39 Å². The molecule has 3 atom stereocenters. The average molecular weight is 145 g/mol. The van der Waals surface area contributed by atoms with Crippen molar-refractivity contribution in [3.8, 4) is 0 Å². The molecule has 1 aliphatic rings. The standard InChI is InChI=1S/C8H16FN/c1-6-4-7(2)10(3)8(9)5-6/h6-8H,4-5H2,1-3H3. The minimum atomic E-state index is -0.709. The van der Waals surface area contributed by atoms with Crippen LogP contribution in [0.3, 0.4) is 0 Å². The van der Waals surface area contributed by atoms with Crippen molar-refractivity contribution in [2.75, 3.05) is 7.05 Å². The second-order valence-electron chi connectivity index (χ2n) is 3.53. The third-order valence-corrected chi connectivity index (χ3v) is 2.48. The summed E-state index contributed by atoms with van der Waals surface area (Å²) in [6.45, 7) is 4.21. The minimum absolute atomic E-state index is 0.416. The van der Waals surface area contributed by atoms with Gasteiger partial charge in [0.15, 0.2) is 6.30 Å². The largest absolute Gasteiger partial charge is 0.274 e. The molecule has 1 saturated heterocycles. The molecular weight excluding hydrogens is 129 g/mol. The molecule has 0 aromatic carbocycles. The van der Waals surface area contributed by atoms with Gasteiger partial charge in [-0.25, -0.2) is 4.39 Å². The predicted octanol–water partition coefficient (Wildman–Crippen LogP) is 2.03. The van der Waals surface area contributed by atoms with E-state index < -0.39 is 6.30 Å². The summed E-state index contributed by atoms with van der Waals surface area (Å²) in [5.41, 5.74) is 0. The molecule has 2 heteroatoms. The number of alkyl halides is 1. The number of piperidine rings is 1. The van der Waals surface area contributed by atoms with Crippen LogP contribution in [-0.4, -0.2) is 24.3 Å². The van der Waals surface area contributed by atoms with Gasteiger partial charge in [0.25, 0.3) is 0 Å². The number of likely N-dealkylation sites (tertiary alicyclic amines) is 1. The zero-order valence-corrected chi connectivity index (χ0v) is 6.97. The Balaban J connectivity index is 2.49. The van der Waals surface area contributed by atoms with E-state index in [0.29, 0.717) is 18.4 Å². The zero-order chi connectivity index (χ0) is 7.72. The highest BCUT2D eigenvalue weighted by molar-refractivity contribution is 4.76. The molecular formula is C8H16FN. The number of nitrogens with zero attached hydrogens (tertiary/aromatic N) is 1. The van der Waals surface area contributed by atoms with E-state index in [9.17, 15) is 4.39 Å². The molecule has 60 valence electrons. The molecule has 3 unspecified atom stereocenters. The smallest absolute Gasteiger partial charge is 0.153 e. The summed E-state index contributed by atoms with van der Waals surface area (Å²) >= 11 is 0. The number of hydrogen-bond acceptors (Lipinski definition) is 1. The fourth-order valence-corrected chi connectivity index (χ4v) is 1.62. The molecule has 0 saturated carbocycles. The molecule has 0 aliphatic carbocycles. The van der Waals surface area contributed by atoms with Gasteiger partial charge in [-0.05, 0) is 32.7 Å². The Bertz CT molecular complexity index is 104. The van der Waals surface area contributed by atoms with E-state index in [1.54, 1.807) is 0 Å². The molecule has 0 aromatic heterocycles. The van der Waals surface area contributed by atoms with Crippen molar-refractivity contribution in [3.05, 3.63) is 0 Å². The Morgan fingerprint density at radius 2 is 1.90 bits per heavy atom. The lowest BCUT2D eigenvalue weighted by Gasteiger charge is -2.36. The quantitative estimate of drug-likeness (QED) is 0.471. The first-order valence-electron chi connectivity index (χ1n) is 3.97. The van der Waals surface area contributed by atoms with Crippen LogP contribution in [0.25, 0.3) is 0 Å². The molecule has 1 heterocycles. The highest BCUT2D eigenvalue weighted by atomic mass is 19.1. The first-order chi connectivity index (χ1) is 4.61. The van der Waals surface area contributed by atoms with Gasteiger partial charge in [-0.15, -0.1) is 0 Å². The highest BCUT2D eigenvalue weighted by Gasteiger charge is 2.27. The van der Waals surface area contributed by atoms with Gasteiger partial charge in [0.2, 0.25) is 0 Å². The predicted molar refractivity (Wildman–Crippen MR) is 40.5 cm³/mol. The molecule has 1 nitrogen and oxygen atoms in total. The van der Waals surface area contributed by atoms with E-state index >= 15 is 0 Å². The van der Waals surface area contributed by atoms with Crippen molar-refractivity contribution in [1.82, 2.24) is 4.90 Å². The van der Waals surface area contributed by atoms with E-state index in [4.69, 9.17) is 0 Å². The van der Waals surface area contributed by atoms with Crippen LogP contribution in [0.15, 0.2) is 0 Å². The van der Waals surface area contributed by atoms with Crippen LogP contribution in [0.5, 0.6) is 0 Å². The summed E-state index contributed by atoms with van der Waals surface area (Å²) in [5.74, 6) is 0.557. The lowest BCUT2D eigenvalue weighted by Crippen LogP contribution is -2.42. The van der Waals surface area contributed by atoms with Crippen LogP contribution in [0, 0.1) is 5.92 Å². The molecule has 0 spiro atoms. The van der Waals surface area contributed by atoms with Gasteiger partial charge in [-0.2, -0.15) is 0 Å². The summed E-state index contributed by atoms with van der Waals surface area (Å²) < 4.78 is 13.0. The van der Waals surface area contributed by atoms with Crippen molar-refractivity contribution < 1.29 is 4.39 Å². The number of hydrogen-bond donors (Lipinski definition) is 0. The zero-order valence-electron chi connectivity index (χ0n) is 6.97. The van der Waals surface area contributed by atoms with Gasteiger partial charge in [0.1, 0.15) is 0 Å².